The van der Waals surface area contributed by atoms with Gasteiger partial charge in [-0.1, -0.05) is 12.3 Å². The first-order valence-electron chi connectivity index (χ1n) is 4.10. The van der Waals surface area contributed by atoms with Crippen LogP contribution in [0.2, 0.25) is 0 Å². The molecule has 0 spiro atoms. The molecule has 0 bridgehead atoms. The van der Waals surface area contributed by atoms with Crippen LogP contribution in [0.15, 0.2) is 0 Å². The van der Waals surface area contributed by atoms with Crippen molar-refractivity contribution in [1.82, 2.24) is 0 Å². The summed E-state index contributed by atoms with van der Waals surface area (Å²) in [5, 5.41) is 0. The summed E-state index contributed by atoms with van der Waals surface area (Å²) in [6.07, 6.45) is 8.12. The van der Waals surface area contributed by atoms with Gasteiger partial charge < -0.3 is 10.5 Å². The van der Waals surface area contributed by atoms with E-state index in [0.29, 0.717) is 13.0 Å². The molecule has 0 amide bonds. The number of ether oxygens (including phenoxy) is 1. The van der Waals surface area contributed by atoms with Crippen molar-refractivity contribution < 1.29 is 9.53 Å². The first-order valence-corrected chi connectivity index (χ1v) is 4.10. The number of nitrogens with two attached hydrogens (primary N) is 1. The summed E-state index contributed by atoms with van der Waals surface area (Å²) < 4.78 is 4.67. The average Bonchev–Trinajstić information content (AvgIpc) is 2.09. The SMILES string of the molecule is C#CCOC(=O)CCCCCN. The molecule has 0 saturated heterocycles. The van der Waals surface area contributed by atoms with Gasteiger partial charge in [0.1, 0.15) is 0 Å². The lowest BCUT2D eigenvalue weighted by Gasteiger charge is -1.99. The molecule has 0 fully saturated rings. The van der Waals surface area contributed by atoms with Gasteiger partial charge in [-0.15, -0.1) is 6.42 Å². The molecule has 0 unspecified atom stereocenters. The van der Waals surface area contributed by atoms with Gasteiger partial charge in [0.25, 0.3) is 0 Å². The number of terminal acetylenes is 1. The Labute approximate surface area is 73.3 Å². The van der Waals surface area contributed by atoms with E-state index in [2.05, 4.69) is 10.7 Å². The molecule has 12 heavy (non-hydrogen) atoms. The summed E-state index contributed by atoms with van der Waals surface area (Å²) in [6.45, 7) is 0.759. The van der Waals surface area contributed by atoms with Gasteiger partial charge in [0, 0.05) is 6.42 Å². The molecule has 0 aromatic rings. The first-order chi connectivity index (χ1) is 5.81. The monoisotopic (exact) mass is 169 g/mol. The maximum atomic E-state index is 10.8. The Kier molecular flexibility index (Phi) is 7.41. The molecule has 0 heterocycles. The van der Waals surface area contributed by atoms with Crippen molar-refractivity contribution in [1.29, 1.82) is 0 Å². The summed E-state index contributed by atoms with van der Waals surface area (Å²) in [4.78, 5) is 10.8. The zero-order valence-corrected chi connectivity index (χ0v) is 7.21. The van der Waals surface area contributed by atoms with Crippen LogP contribution in [0.5, 0.6) is 0 Å². The van der Waals surface area contributed by atoms with Gasteiger partial charge in [-0.05, 0) is 19.4 Å². The normalized spacial score (nSPS) is 9.00. The predicted molar refractivity (Wildman–Crippen MR) is 47.3 cm³/mol. The first kappa shape index (κ1) is 11.0. The van der Waals surface area contributed by atoms with E-state index in [1.807, 2.05) is 0 Å². The van der Waals surface area contributed by atoms with Crippen molar-refractivity contribution in [3.63, 3.8) is 0 Å². The maximum absolute atomic E-state index is 10.8. The molecule has 0 atom stereocenters. The zero-order chi connectivity index (χ0) is 9.23. The molecule has 0 aliphatic rings. The van der Waals surface area contributed by atoms with Crippen molar-refractivity contribution in [3.05, 3.63) is 0 Å². The van der Waals surface area contributed by atoms with Crippen molar-refractivity contribution >= 4 is 5.97 Å². The summed E-state index contributed by atoms with van der Waals surface area (Å²) in [5.74, 6) is 2.02. The van der Waals surface area contributed by atoms with E-state index < -0.39 is 0 Å². The Balaban J connectivity index is 3.15. The zero-order valence-electron chi connectivity index (χ0n) is 7.21. The molecule has 0 rings (SSSR count). The summed E-state index contributed by atoms with van der Waals surface area (Å²) in [6, 6.07) is 0. The number of unbranched alkanes of at least 4 members (excludes halogenated alkanes) is 2. The molecular weight excluding hydrogens is 154 g/mol. The highest BCUT2D eigenvalue weighted by atomic mass is 16.5. The summed E-state index contributed by atoms with van der Waals surface area (Å²) in [7, 11) is 0. The Morgan fingerprint density at radius 2 is 2.17 bits per heavy atom. The lowest BCUT2D eigenvalue weighted by Crippen LogP contribution is -2.05. The fourth-order valence-electron chi connectivity index (χ4n) is 0.785. The fourth-order valence-corrected chi connectivity index (χ4v) is 0.785. The van der Waals surface area contributed by atoms with Gasteiger partial charge in [-0.3, -0.25) is 4.79 Å². The van der Waals surface area contributed by atoms with Crippen molar-refractivity contribution in [2.75, 3.05) is 13.2 Å². The van der Waals surface area contributed by atoms with E-state index in [1.165, 1.54) is 0 Å². The van der Waals surface area contributed by atoms with Crippen LogP contribution in [0.25, 0.3) is 0 Å². The molecule has 2 N–H and O–H groups in total. The highest BCUT2D eigenvalue weighted by Gasteiger charge is 1.99. The molecule has 68 valence electrons. The molecule has 0 radical (unpaired) electrons. The Morgan fingerprint density at radius 1 is 1.42 bits per heavy atom. The molecule has 0 aliphatic carbocycles. The average molecular weight is 169 g/mol. The van der Waals surface area contributed by atoms with Crippen molar-refractivity contribution in [2.24, 2.45) is 5.73 Å². The number of carbonyl (C=O) groups excluding carboxylic acids is 1. The van der Waals surface area contributed by atoms with Crippen LogP contribution in [0.3, 0.4) is 0 Å². The third-order valence-corrected chi connectivity index (χ3v) is 1.40. The van der Waals surface area contributed by atoms with E-state index in [-0.39, 0.29) is 12.6 Å². The Bertz CT molecular complexity index is 160. The van der Waals surface area contributed by atoms with E-state index in [9.17, 15) is 4.79 Å². The number of rotatable bonds is 6. The van der Waals surface area contributed by atoms with Crippen molar-refractivity contribution in [2.45, 2.75) is 25.7 Å². The van der Waals surface area contributed by atoms with Crippen molar-refractivity contribution in [3.8, 4) is 12.3 Å². The quantitative estimate of drug-likeness (QED) is 0.361. The molecule has 0 aromatic heterocycles. The minimum absolute atomic E-state index is 0.0791. The molecular formula is C9H15NO2. The van der Waals surface area contributed by atoms with E-state index in [0.717, 1.165) is 19.3 Å². The lowest BCUT2D eigenvalue weighted by atomic mass is 10.2. The second-order valence-electron chi connectivity index (χ2n) is 2.46. The van der Waals surface area contributed by atoms with Crippen LogP contribution in [0.4, 0.5) is 0 Å². The Morgan fingerprint density at radius 3 is 2.75 bits per heavy atom. The fraction of sp³-hybridized carbons (Fsp3) is 0.667. The smallest absolute Gasteiger partial charge is 0.306 e. The van der Waals surface area contributed by atoms with Crippen LogP contribution in [0, 0.1) is 12.3 Å². The Hall–Kier alpha value is -1.01. The van der Waals surface area contributed by atoms with Crippen LogP contribution in [0.1, 0.15) is 25.7 Å². The molecule has 0 aromatic carbocycles. The highest BCUT2D eigenvalue weighted by Crippen LogP contribution is 1.99. The van der Waals surface area contributed by atoms with Gasteiger partial charge in [0.05, 0.1) is 0 Å². The predicted octanol–water partition coefficient (Wildman–Crippen LogP) is 0.682. The van der Waals surface area contributed by atoms with Crippen LogP contribution in [-0.4, -0.2) is 19.1 Å². The second-order valence-corrected chi connectivity index (χ2v) is 2.46. The molecule has 0 aliphatic heterocycles. The number of hydrogen-bond donors (Lipinski definition) is 1. The number of esters is 1. The van der Waals surface area contributed by atoms with Crippen LogP contribution >= 0.6 is 0 Å². The van der Waals surface area contributed by atoms with Crippen LogP contribution < -0.4 is 5.73 Å². The summed E-state index contributed by atoms with van der Waals surface area (Å²) >= 11 is 0. The summed E-state index contributed by atoms with van der Waals surface area (Å²) in [5.41, 5.74) is 5.28. The third kappa shape index (κ3) is 7.10. The van der Waals surface area contributed by atoms with Gasteiger partial charge in [-0.2, -0.15) is 0 Å². The minimum atomic E-state index is -0.218. The van der Waals surface area contributed by atoms with Gasteiger partial charge >= 0.3 is 5.97 Å². The lowest BCUT2D eigenvalue weighted by molar-refractivity contribution is -0.142. The minimum Gasteiger partial charge on any atom is -0.452 e. The number of carbonyl (C=O) groups is 1. The van der Waals surface area contributed by atoms with E-state index >= 15 is 0 Å². The topological polar surface area (TPSA) is 52.3 Å². The number of hydrogen-bond acceptors (Lipinski definition) is 3. The maximum Gasteiger partial charge on any atom is 0.306 e. The van der Waals surface area contributed by atoms with E-state index in [4.69, 9.17) is 12.2 Å². The largest absolute Gasteiger partial charge is 0.452 e. The molecule has 3 nitrogen and oxygen atoms in total. The van der Waals surface area contributed by atoms with Gasteiger partial charge in [0.15, 0.2) is 6.61 Å². The van der Waals surface area contributed by atoms with Gasteiger partial charge in [-0.25, -0.2) is 0 Å². The molecule has 3 heteroatoms. The van der Waals surface area contributed by atoms with Gasteiger partial charge in [0.2, 0.25) is 0 Å². The van der Waals surface area contributed by atoms with Crippen LogP contribution in [-0.2, 0) is 9.53 Å². The standard InChI is InChI=1S/C9H15NO2/c1-2-8-12-9(11)6-4-3-5-7-10/h1H,3-8,10H2. The molecule has 0 saturated carbocycles. The third-order valence-electron chi connectivity index (χ3n) is 1.40. The van der Waals surface area contributed by atoms with E-state index in [1.54, 1.807) is 0 Å². The highest BCUT2D eigenvalue weighted by molar-refractivity contribution is 5.69. The second kappa shape index (κ2) is 8.09.